The van der Waals surface area contributed by atoms with Crippen LogP contribution in [0.4, 0.5) is 17.1 Å². The van der Waals surface area contributed by atoms with Gasteiger partial charge in [0.25, 0.3) is 0 Å². The third-order valence-electron chi connectivity index (χ3n) is 4.69. The normalized spacial score (nSPS) is 12.1. The number of fused-ring (bicyclic) bond motifs is 2. The summed E-state index contributed by atoms with van der Waals surface area (Å²) in [6, 6.07) is 17.8. The molecule has 0 heterocycles. The second-order valence-corrected chi connectivity index (χ2v) is 6.44. The van der Waals surface area contributed by atoms with Gasteiger partial charge >= 0.3 is 0 Å². The highest BCUT2D eigenvalue weighted by molar-refractivity contribution is 6.32. The van der Waals surface area contributed by atoms with Crippen LogP contribution in [-0.4, -0.2) is 11.6 Å². The number of carbonyl (C=O) groups excluding carboxylic acids is 2. The van der Waals surface area contributed by atoms with E-state index < -0.39 is 0 Å². The number of hydrogen-bond acceptors (Lipinski definition) is 5. The molecule has 4 rings (SSSR count). The zero-order valence-corrected chi connectivity index (χ0v) is 14.5. The SMILES string of the molecule is Cc1ccc(Nc2cc(C#N)c(N)c3c2C(=O)c2ccccc2C3=O)cc1. The second kappa shape index (κ2) is 6.11. The Morgan fingerprint density at radius 2 is 1.52 bits per heavy atom. The van der Waals surface area contributed by atoms with Gasteiger partial charge in [0.05, 0.1) is 28.1 Å². The number of nitrogens with one attached hydrogen (secondary N) is 1. The largest absolute Gasteiger partial charge is 0.397 e. The molecule has 0 fully saturated rings. The summed E-state index contributed by atoms with van der Waals surface area (Å²) in [5.74, 6) is -0.632. The van der Waals surface area contributed by atoms with E-state index in [1.54, 1.807) is 24.3 Å². The number of hydrogen-bond donors (Lipinski definition) is 2. The molecule has 130 valence electrons. The molecule has 0 saturated heterocycles. The van der Waals surface area contributed by atoms with Gasteiger partial charge in [-0.25, -0.2) is 0 Å². The van der Waals surface area contributed by atoms with Gasteiger partial charge in [0.2, 0.25) is 0 Å². The van der Waals surface area contributed by atoms with Gasteiger partial charge in [-0.2, -0.15) is 5.26 Å². The van der Waals surface area contributed by atoms with Gasteiger partial charge in [0.1, 0.15) is 6.07 Å². The number of carbonyl (C=O) groups is 2. The van der Waals surface area contributed by atoms with Crippen molar-refractivity contribution in [2.75, 3.05) is 11.1 Å². The van der Waals surface area contributed by atoms with Crippen LogP contribution in [0.5, 0.6) is 0 Å². The lowest BCUT2D eigenvalue weighted by Gasteiger charge is -2.23. The smallest absolute Gasteiger partial charge is 0.196 e. The molecule has 3 aromatic rings. The number of nitrogens with two attached hydrogens (primary N) is 1. The molecule has 5 heteroatoms. The van der Waals surface area contributed by atoms with E-state index in [2.05, 4.69) is 5.32 Å². The standard InChI is InChI=1S/C22H15N3O2/c1-12-6-8-14(9-7-12)25-17-10-13(11-23)20(24)19-18(17)21(26)15-4-2-3-5-16(15)22(19)27/h2-10,25H,24H2,1H3. The van der Waals surface area contributed by atoms with Crippen molar-refractivity contribution in [1.29, 1.82) is 5.26 Å². The van der Waals surface area contributed by atoms with Crippen LogP contribution in [0.25, 0.3) is 0 Å². The van der Waals surface area contributed by atoms with E-state index in [0.717, 1.165) is 11.3 Å². The van der Waals surface area contributed by atoms with Gasteiger partial charge in [-0.3, -0.25) is 9.59 Å². The predicted octanol–water partition coefficient (Wildman–Crippen LogP) is 3.97. The summed E-state index contributed by atoms with van der Waals surface area (Å²) in [4.78, 5) is 26.2. The molecule has 27 heavy (non-hydrogen) atoms. The summed E-state index contributed by atoms with van der Waals surface area (Å²) in [7, 11) is 0. The molecular formula is C22H15N3O2. The minimum absolute atomic E-state index is 0.0369. The van der Waals surface area contributed by atoms with Crippen LogP contribution in [0.3, 0.4) is 0 Å². The first-order valence-corrected chi connectivity index (χ1v) is 8.40. The van der Waals surface area contributed by atoms with Crippen LogP contribution in [-0.2, 0) is 0 Å². The first kappa shape index (κ1) is 16.6. The first-order valence-electron chi connectivity index (χ1n) is 8.40. The highest BCUT2D eigenvalue weighted by Crippen LogP contribution is 2.38. The summed E-state index contributed by atoms with van der Waals surface area (Å²) in [6.07, 6.45) is 0. The molecule has 0 aromatic heterocycles. The molecular weight excluding hydrogens is 338 g/mol. The average molecular weight is 353 g/mol. The lowest BCUT2D eigenvalue weighted by atomic mass is 9.81. The minimum Gasteiger partial charge on any atom is -0.397 e. The monoisotopic (exact) mass is 353 g/mol. The van der Waals surface area contributed by atoms with Gasteiger partial charge in [-0.15, -0.1) is 0 Å². The number of rotatable bonds is 2. The van der Waals surface area contributed by atoms with Crippen LogP contribution in [0.1, 0.15) is 43.0 Å². The Bertz CT molecular complexity index is 1160. The number of nitriles is 1. The molecule has 3 aromatic carbocycles. The van der Waals surface area contributed by atoms with Crippen LogP contribution >= 0.6 is 0 Å². The fourth-order valence-corrected chi connectivity index (χ4v) is 3.30. The average Bonchev–Trinajstić information content (AvgIpc) is 2.68. The van der Waals surface area contributed by atoms with Crippen molar-refractivity contribution in [2.24, 2.45) is 0 Å². The van der Waals surface area contributed by atoms with E-state index in [1.165, 1.54) is 6.07 Å². The van der Waals surface area contributed by atoms with Crippen LogP contribution in [0.2, 0.25) is 0 Å². The van der Waals surface area contributed by atoms with Crippen molar-refractivity contribution in [1.82, 2.24) is 0 Å². The van der Waals surface area contributed by atoms with E-state index >= 15 is 0 Å². The van der Waals surface area contributed by atoms with Crippen molar-refractivity contribution in [3.63, 3.8) is 0 Å². The molecule has 1 aliphatic rings. The van der Waals surface area contributed by atoms with Gasteiger partial charge < -0.3 is 11.1 Å². The minimum atomic E-state index is -0.346. The molecule has 0 spiro atoms. The fourth-order valence-electron chi connectivity index (χ4n) is 3.30. The van der Waals surface area contributed by atoms with E-state index in [4.69, 9.17) is 5.73 Å². The van der Waals surface area contributed by atoms with Crippen molar-refractivity contribution >= 4 is 28.6 Å². The number of nitrogen functional groups attached to an aromatic ring is 1. The van der Waals surface area contributed by atoms with Crippen LogP contribution in [0, 0.1) is 18.3 Å². The molecule has 0 saturated carbocycles. The molecule has 0 aliphatic heterocycles. The number of ketones is 2. The fraction of sp³-hybridized carbons (Fsp3) is 0.0455. The number of anilines is 3. The van der Waals surface area contributed by atoms with Gasteiger partial charge in [-0.05, 0) is 25.1 Å². The van der Waals surface area contributed by atoms with Crippen molar-refractivity contribution < 1.29 is 9.59 Å². The van der Waals surface area contributed by atoms with Crippen LogP contribution in [0.15, 0.2) is 54.6 Å². The Balaban J connectivity index is 1.96. The molecule has 0 bridgehead atoms. The second-order valence-electron chi connectivity index (χ2n) is 6.44. The Morgan fingerprint density at radius 3 is 2.11 bits per heavy atom. The third-order valence-corrected chi connectivity index (χ3v) is 4.69. The topological polar surface area (TPSA) is 96.0 Å². The Morgan fingerprint density at radius 1 is 0.926 bits per heavy atom. The molecule has 3 N–H and O–H groups in total. The Labute approximate surface area is 156 Å². The third kappa shape index (κ3) is 2.55. The van der Waals surface area contributed by atoms with Crippen molar-refractivity contribution in [3.05, 3.63) is 88.0 Å². The zero-order valence-electron chi connectivity index (χ0n) is 14.5. The molecule has 0 atom stereocenters. The summed E-state index contributed by atoms with van der Waals surface area (Å²) in [5.41, 5.74) is 9.45. The number of aryl methyl sites for hydroxylation is 1. The van der Waals surface area contributed by atoms with Crippen LogP contribution < -0.4 is 11.1 Å². The molecule has 1 aliphatic carbocycles. The maximum Gasteiger partial charge on any atom is 0.196 e. The maximum atomic E-state index is 13.1. The number of benzene rings is 3. The molecule has 0 radical (unpaired) electrons. The van der Waals surface area contributed by atoms with E-state index in [-0.39, 0.29) is 33.9 Å². The highest BCUT2D eigenvalue weighted by atomic mass is 16.1. The van der Waals surface area contributed by atoms with E-state index in [9.17, 15) is 14.9 Å². The highest BCUT2D eigenvalue weighted by Gasteiger charge is 2.34. The number of nitrogens with zero attached hydrogens (tertiary/aromatic N) is 1. The lowest BCUT2D eigenvalue weighted by Crippen LogP contribution is -2.24. The van der Waals surface area contributed by atoms with Gasteiger partial charge in [0, 0.05) is 16.8 Å². The van der Waals surface area contributed by atoms with Crippen molar-refractivity contribution in [3.8, 4) is 6.07 Å². The molecule has 0 unspecified atom stereocenters. The summed E-state index contributed by atoms with van der Waals surface area (Å²) in [5, 5.41) is 12.6. The van der Waals surface area contributed by atoms with Crippen molar-refractivity contribution in [2.45, 2.75) is 6.92 Å². The first-order chi connectivity index (χ1) is 13.0. The Kier molecular flexibility index (Phi) is 3.75. The lowest BCUT2D eigenvalue weighted by molar-refractivity contribution is 0.0980. The Hall–Kier alpha value is -3.91. The summed E-state index contributed by atoms with van der Waals surface area (Å²) < 4.78 is 0. The van der Waals surface area contributed by atoms with Gasteiger partial charge in [-0.1, -0.05) is 42.0 Å². The summed E-state index contributed by atoms with van der Waals surface area (Å²) in [6.45, 7) is 1.97. The summed E-state index contributed by atoms with van der Waals surface area (Å²) >= 11 is 0. The van der Waals surface area contributed by atoms with E-state index in [0.29, 0.717) is 16.8 Å². The van der Waals surface area contributed by atoms with Gasteiger partial charge in [0.15, 0.2) is 11.6 Å². The van der Waals surface area contributed by atoms with E-state index in [1.807, 2.05) is 37.3 Å². The zero-order chi connectivity index (χ0) is 19.1. The molecule has 5 nitrogen and oxygen atoms in total. The maximum absolute atomic E-state index is 13.1. The quantitative estimate of drug-likeness (QED) is 0.532. The predicted molar refractivity (Wildman–Crippen MR) is 103 cm³/mol. The molecule has 0 amide bonds.